The van der Waals surface area contributed by atoms with Crippen LogP contribution in [0.15, 0.2) is 30.5 Å². The van der Waals surface area contributed by atoms with E-state index in [-0.39, 0.29) is 36.4 Å². The summed E-state index contributed by atoms with van der Waals surface area (Å²) in [5.74, 6) is 1.17. The summed E-state index contributed by atoms with van der Waals surface area (Å²) in [5.41, 5.74) is 5.74. The summed E-state index contributed by atoms with van der Waals surface area (Å²) >= 11 is 0. The van der Waals surface area contributed by atoms with E-state index in [9.17, 15) is 0 Å². The van der Waals surface area contributed by atoms with Crippen molar-refractivity contribution < 1.29 is 24.8 Å². The molecule has 2 heterocycles. The molecule has 4 rings (SSSR count). The third kappa shape index (κ3) is 3.50. The van der Waals surface area contributed by atoms with Gasteiger partial charge in [0.25, 0.3) is 0 Å². The van der Waals surface area contributed by atoms with Gasteiger partial charge >= 0.3 is 6.01 Å². The number of nitrogens with zero attached hydrogens (tertiary/aromatic N) is 4. The van der Waals surface area contributed by atoms with Crippen molar-refractivity contribution >= 4 is 0 Å². The van der Waals surface area contributed by atoms with Crippen LogP contribution in [0, 0.1) is 18.4 Å². The average molecular weight is 594 g/mol. The molecule has 1 aliphatic carbocycles. The molecule has 0 atom stereocenters. The Labute approximate surface area is 198 Å². The molecule has 0 saturated carbocycles. The molecule has 5 nitrogen and oxygen atoms in total. The number of pyridine rings is 1. The molecule has 1 radical (unpaired) electrons. The topological polar surface area (TPSA) is 60.8 Å². The van der Waals surface area contributed by atoms with Gasteiger partial charge in [0.15, 0.2) is 5.82 Å². The van der Waals surface area contributed by atoms with Crippen molar-refractivity contribution in [3.63, 3.8) is 0 Å². The first-order chi connectivity index (χ1) is 14.0. The smallest absolute Gasteiger partial charge is 0.319 e. The van der Waals surface area contributed by atoms with Crippen LogP contribution in [-0.4, -0.2) is 27.0 Å². The largest absolute Gasteiger partial charge is 0.467 e. The molecule has 3 aromatic rings. The molecule has 0 bridgehead atoms. The van der Waals surface area contributed by atoms with E-state index in [0.29, 0.717) is 17.7 Å². The molecule has 0 N–H and O–H groups in total. The second kappa shape index (κ2) is 7.75. The van der Waals surface area contributed by atoms with Crippen LogP contribution in [0.1, 0.15) is 58.5 Å². The molecule has 0 fully saturated rings. The molecule has 165 valence electrons. The van der Waals surface area contributed by atoms with Crippen molar-refractivity contribution in [1.29, 1.82) is 0 Å². The first kappa shape index (κ1) is 23.5. The quantitative estimate of drug-likeness (QED) is 0.386. The van der Waals surface area contributed by atoms with Gasteiger partial charge in [0, 0.05) is 31.9 Å². The van der Waals surface area contributed by atoms with Gasteiger partial charge in [-0.15, -0.1) is 34.9 Å². The predicted octanol–water partition coefficient (Wildman–Crippen LogP) is 5.31. The van der Waals surface area contributed by atoms with Crippen molar-refractivity contribution in [3.05, 3.63) is 53.5 Å². The molecule has 31 heavy (non-hydrogen) atoms. The number of hydrogen-bond acceptors (Lipinski definition) is 5. The molecule has 0 spiro atoms. The Balaban J connectivity index is 0.00000272. The van der Waals surface area contributed by atoms with E-state index in [1.165, 1.54) is 11.1 Å². The molecule has 0 saturated heterocycles. The number of aryl methyl sites for hydroxylation is 1. The molecule has 0 aliphatic heterocycles. The number of hydrogen-bond donors (Lipinski definition) is 0. The number of benzene rings is 1. The number of rotatable bonds is 3. The first-order valence-electron chi connectivity index (χ1n) is 10.3. The van der Waals surface area contributed by atoms with Gasteiger partial charge in [0.05, 0.1) is 7.11 Å². The SMILES string of the molecule is COc1nc(C)nc(-c2ccc(-c3[c-]cc4c(c3)C(C)(C)C(C)(C)C4(C)C)nc2)n1.[Ir]. The van der Waals surface area contributed by atoms with Crippen LogP contribution in [0.5, 0.6) is 6.01 Å². The summed E-state index contributed by atoms with van der Waals surface area (Å²) in [6, 6.07) is 12.2. The molecule has 2 aromatic heterocycles. The minimum atomic E-state index is 0. The summed E-state index contributed by atoms with van der Waals surface area (Å²) in [7, 11) is 1.55. The van der Waals surface area contributed by atoms with Crippen LogP contribution in [0.3, 0.4) is 0 Å². The maximum absolute atomic E-state index is 5.16. The molecule has 1 aliphatic rings. The minimum absolute atomic E-state index is 0. The van der Waals surface area contributed by atoms with Crippen molar-refractivity contribution in [2.75, 3.05) is 7.11 Å². The standard InChI is InChI=1S/C25H29N4O.Ir/c1-15-27-21(29-22(28-15)30-8)17-10-12-20(26-14-17)16-9-11-18-19(13-16)24(4,5)25(6,7)23(18,2)3;/h10-14H,1-8H3;/q-1;. The predicted molar refractivity (Wildman–Crippen MR) is 118 cm³/mol. The Hall–Kier alpha value is -2.17. The van der Waals surface area contributed by atoms with E-state index in [4.69, 9.17) is 4.74 Å². The number of aromatic nitrogens is 4. The minimum Gasteiger partial charge on any atom is -0.467 e. The Bertz CT molecular complexity index is 1120. The first-order valence-corrected chi connectivity index (χ1v) is 10.3. The van der Waals surface area contributed by atoms with E-state index in [1.807, 2.05) is 19.1 Å². The summed E-state index contributed by atoms with van der Waals surface area (Å²) in [5, 5.41) is 0. The Morgan fingerprint density at radius 1 is 0.903 bits per heavy atom. The van der Waals surface area contributed by atoms with Gasteiger partial charge in [-0.05, 0) is 28.9 Å². The fourth-order valence-corrected chi connectivity index (χ4v) is 4.49. The van der Waals surface area contributed by atoms with Gasteiger partial charge < -0.3 is 9.72 Å². The number of ether oxygens (including phenoxy) is 1. The van der Waals surface area contributed by atoms with Crippen LogP contribution in [0.25, 0.3) is 22.6 Å². The van der Waals surface area contributed by atoms with Crippen LogP contribution >= 0.6 is 0 Å². The average Bonchev–Trinajstić information content (AvgIpc) is 2.82. The van der Waals surface area contributed by atoms with E-state index in [0.717, 1.165) is 16.8 Å². The van der Waals surface area contributed by atoms with E-state index >= 15 is 0 Å². The van der Waals surface area contributed by atoms with Gasteiger partial charge in [-0.1, -0.05) is 53.7 Å². The second-order valence-corrected chi connectivity index (χ2v) is 9.67. The van der Waals surface area contributed by atoms with Gasteiger partial charge in [0.1, 0.15) is 5.82 Å². The third-order valence-electron chi connectivity index (χ3n) is 7.63. The van der Waals surface area contributed by atoms with E-state index < -0.39 is 0 Å². The zero-order chi connectivity index (χ0) is 21.9. The van der Waals surface area contributed by atoms with Crippen molar-refractivity contribution in [3.8, 4) is 28.7 Å². The third-order valence-corrected chi connectivity index (χ3v) is 7.63. The summed E-state index contributed by atoms with van der Waals surface area (Å²) in [4.78, 5) is 17.6. The van der Waals surface area contributed by atoms with Crippen molar-refractivity contribution in [2.24, 2.45) is 5.41 Å². The normalized spacial score (nSPS) is 17.5. The van der Waals surface area contributed by atoms with Crippen LogP contribution < -0.4 is 4.74 Å². The van der Waals surface area contributed by atoms with Crippen molar-refractivity contribution in [1.82, 2.24) is 19.9 Å². The molecule has 6 heteroatoms. The fourth-order valence-electron chi connectivity index (χ4n) is 4.49. The number of methoxy groups -OCH3 is 1. The Morgan fingerprint density at radius 3 is 2.19 bits per heavy atom. The fraction of sp³-hybridized carbons (Fsp3) is 0.440. The van der Waals surface area contributed by atoms with Crippen LogP contribution in [0.2, 0.25) is 0 Å². The van der Waals surface area contributed by atoms with Gasteiger partial charge in [-0.2, -0.15) is 9.97 Å². The van der Waals surface area contributed by atoms with Gasteiger partial charge in [-0.25, -0.2) is 4.98 Å². The molecule has 1 aromatic carbocycles. The molecule has 0 amide bonds. The zero-order valence-corrected chi connectivity index (χ0v) is 21.8. The Kier molecular flexibility index (Phi) is 5.88. The van der Waals surface area contributed by atoms with Gasteiger partial charge in [0.2, 0.25) is 0 Å². The van der Waals surface area contributed by atoms with E-state index in [1.54, 1.807) is 13.3 Å². The maximum Gasteiger partial charge on any atom is 0.319 e. The van der Waals surface area contributed by atoms with Crippen molar-refractivity contribution in [2.45, 2.75) is 59.3 Å². The number of fused-ring (bicyclic) bond motifs is 1. The van der Waals surface area contributed by atoms with Crippen LogP contribution in [-0.2, 0) is 30.9 Å². The molecule has 0 unspecified atom stereocenters. The Morgan fingerprint density at radius 2 is 1.58 bits per heavy atom. The summed E-state index contributed by atoms with van der Waals surface area (Å²) in [6.07, 6.45) is 1.80. The summed E-state index contributed by atoms with van der Waals surface area (Å²) in [6.45, 7) is 15.9. The zero-order valence-electron chi connectivity index (χ0n) is 19.4. The van der Waals surface area contributed by atoms with Gasteiger partial charge in [-0.3, -0.25) is 0 Å². The summed E-state index contributed by atoms with van der Waals surface area (Å²) < 4.78 is 5.16. The van der Waals surface area contributed by atoms with Crippen LogP contribution in [0.4, 0.5) is 0 Å². The van der Waals surface area contributed by atoms with E-state index in [2.05, 4.69) is 79.7 Å². The molecular formula is C25H29IrN4O-. The maximum atomic E-state index is 5.16. The molecular weight excluding hydrogens is 565 g/mol. The second-order valence-electron chi connectivity index (χ2n) is 9.67. The monoisotopic (exact) mass is 594 g/mol.